The van der Waals surface area contributed by atoms with Gasteiger partial charge in [-0.05, 0) is 23.9 Å². The van der Waals surface area contributed by atoms with Crippen LogP contribution in [0, 0.1) is 0 Å². The van der Waals surface area contributed by atoms with Crippen LogP contribution < -0.4 is 14.8 Å². The Hall–Kier alpha value is -1.52. The molecule has 114 valence electrons. The average molecular weight is 305 g/mol. The lowest BCUT2D eigenvalue weighted by molar-refractivity contribution is 0.387. The van der Waals surface area contributed by atoms with Gasteiger partial charge in [-0.25, -0.2) is 0 Å². The Morgan fingerprint density at radius 2 is 2.05 bits per heavy atom. The van der Waals surface area contributed by atoms with Gasteiger partial charge >= 0.3 is 0 Å². The number of hydrogen-bond donors (Lipinski definition) is 1. The smallest absolute Gasteiger partial charge is 0.127 e. The van der Waals surface area contributed by atoms with Crippen LogP contribution in [0.3, 0.4) is 0 Å². The van der Waals surface area contributed by atoms with E-state index in [9.17, 15) is 0 Å². The molecule has 0 saturated heterocycles. The molecular weight excluding hydrogens is 282 g/mol. The van der Waals surface area contributed by atoms with Crippen molar-refractivity contribution >= 4 is 11.3 Å². The molecule has 1 atom stereocenters. The first-order valence-electron chi connectivity index (χ1n) is 7.26. The third-order valence-corrected chi connectivity index (χ3v) is 4.48. The van der Waals surface area contributed by atoms with E-state index in [2.05, 4.69) is 35.8 Å². The van der Waals surface area contributed by atoms with E-state index >= 15 is 0 Å². The molecule has 0 amide bonds. The summed E-state index contributed by atoms with van der Waals surface area (Å²) in [6.07, 6.45) is 2.30. The Bertz CT molecular complexity index is 540. The lowest BCUT2D eigenvalue weighted by Gasteiger charge is -2.18. The monoisotopic (exact) mass is 305 g/mol. The maximum atomic E-state index is 5.45. The number of rotatable bonds is 8. The third kappa shape index (κ3) is 4.22. The van der Waals surface area contributed by atoms with Crippen molar-refractivity contribution in [1.29, 1.82) is 0 Å². The van der Waals surface area contributed by atoms with E-state index in [1.54, 1.807) is 14.2 Å². The summed E-state index contributed by atoms with van der Waals surface area (Å²) < 4.78 is 10.7. The van der Waals surface area contributed by atoms with Crippen molar-refractivity contribution in [2.24, 2.45) is 0 Å². The SMILES string of the molecule is CCCC(NCc1ccc(OC)cc1OC)c1cccs1. The molecule has 0 aliphatic rings. The molecule has 1 aromatic carbocycles. The summed E-state index contributed by atoms with van der Waals surface area (Å²) in [7, 11) is 3.36. The van der Waals surface area contributed by atoms with Crippen LogP contribution in [0.2, 0.25) is 0 Å². The molecule has 0 radical (unpaired) electrons. The van der Waals surface area contributed by atoms with Crippen LogP contribution in [0.1, 0.15) is 36.2 Å². The maximum Gasteiger partial charge on any atom is 0.127 e. The zero-order chi connectivity index (χ0) is 15.1. The predicted molar refractivity (Wildman–Crippen MR) is 88.4 cm³/mol. The Kier molecular flexibility index (Phi) is 6.08. The van der Waals surface area contributed by atoms with Gasteiger partial charge in [0.1, 0.15) is 11.5 Å². The maximum absolute atomic E-state index is 5.45. The van der Waals surface area contributed by atoms with Gasteiger partial charge in [-0.2, -0.15) is 0 Å². The lowest BCUT2D eigenvalue weighted by atomic mass is 10.1. The normalized spacial score (nSPS) is 12.1. The molecule has 21 heavy (non-hydrogen) atoms. The molecule has 0 aliphatic carbocycles. The molecule has 0 saturated carbocycles. The van der Waals surface area contributed by atoms with Crippen LogP contribution >= 0.6 is 11.3 Å². The first-order valence-corrected chi connectivity index (χ1v) is 8.14. The summed E-state index contributed by atoms with van der Waals surface area (Å²) in [4.78, 5) is 1.39. The highest BCUT2D eigenvalue weighted by atomic mass is 32.1. The zero-order valence-corrected chi connectivity index (χ0v) is 13.7. The standard InChI is InChI=1S/C17H23NO2S/c1-4-6-15(17-7-5-10-21-17)18-12-13-8-9-14(19-2)11-16(13)20-3/h5,7-11,15,18H,4,6,12H2,1-3H3. The Balaban J connectivity index is 2.06. The highest BCUT2D eigenvalue weighted by Gasteiger charge is 2.12. The molecule has 2 aromatic rings. The molecule has 0 fully saturated rings. The van der Waals surface area contributed by atoms with Crippen molar-refractivity contribution in [2.45, 2.75) is 32.4 Å². The van der Waals surface area contributed by atoms with Gasteiger partial charge in [-0.15, -0.1) is 11.3 Å². The van der Waals surface area contributed by atoms with E-state index in [0.29, 0.717) is 6.04 Å². The van der Waals surface area contributed by atoms with Crippen molar-refractivity contribution in [1.82, 2.24) is 5.32 Å². The van der Waals surface area contributed by atoms with Crippen molar-refractivity contribution in [2.75, 3.05) is 14.2 Å². The minimum absolute atomic E-state index is 0.404. The van der Waals surface area contributed by atoms with Gasteiger partial charge in [0, 0.05) is 29.1 Å². The van der Waals surface area contributed by atoms with Gasteiger partial charge in [0.15, 0.2) is 0 Å². The zero-order valence-electron chi connectivity index (χ0n) is 12.9. The lowest BCUT2D eigenvalue weighted by Crippen LogP contribution is -2.20. The fraction of sp³-hybridized carbons (Fsp3) is 0.412. The van der Waals surface area contributed by atoms with E-state index in [4.69, 9.17) is 9.47 Å². The topological polar surface area (TPSA) is 30.5 Å². The first-order chi connectivity index (χ1) is 10.3. The van der Waals surface area contributed by atoms with Crippen LogP contribution in [0.4, 0.5) is 0 Å². The molecule has 0 aliphatic heterocycles. The van der Waals surface area contributed by atoms with Gasteiger partial charge in [0.2, 0.25) is 0 Å². The van der Waals surface area contributed by atoms with E-state index in [1.807, 2.05) is 23.5 Å². The van der Waals surface area contributed by atoms with Crippen molar-refractivity contribution in [3.05, 3.63) is 46.2 Å². The molecule has 1 aromatic heterocycles. The van der Waals surface area contributed by atoms with Crippen LogP contribution in [0.15, 0.2) is 35.7 Å². The number of nitrogens with one attached hydrogen (secondary N) is 1. The molecule has 4 heteroatoms. The van der Waals surface area contributed by atoms with Crippen LogP contribution in [0.5, 0.6) is 11.5 Å². The molecule has 1 N–H and O–H groups in total. The Morgan fingerprint density at radius 3 is 2.67 bits per heavy atom. The largest absolute Gasteiger partial charge is 0.497 e. The van der Waals surface area contributed by atoms with Gasteiger partial charge in [-0.1, -0.05) is 25.5 Å². The van der Waals surface area contributed by atoms with E-state index in [0.717, 1.165) is 36.4 Å². The van der Waals surface area contributed by atoms with Crippen molar-refractivity contribution in [3.8, 4) is 11.5 Å². The van der Waals surface area contributed by atoms with Crippen molar-refractivity contribution < 1.29 is 9.47 Å². The number of hydrogen-bond acceptors (Lipinski definition) is 4. The number of benzene rings is 1. The summed E-state index contributed by atoms with van der Waals surface area (Å²) in [6.45, 7) is 3.01. The fourth-order valence-corrected chi connectivity index (χ4v) is 3.19. The number of thiophene rings is 1. The quantitative estimate of drug-likeness (QED) is 0.784. The fourth-order valence-electron chi connectivity index (χ4n) is 2.35. The first kappa shape index (κ1) is 15.9. The summed E-state index contributed by atoms with van der Waals surface area (Å²) >= 11 is 1.81. The number of ether oxygens (including phenoxy) is 2. The van der Waals surface area contributed by atoms with Crippen LogP contribution in [0.25, 0.3) is 0 Å². The van der Waals surface area contributed by atoms with Crippen LogP contribution in [-0.4, -0.2) is 14.2 Å². The van der Waals surface area contributed by atoms with Gasteiger partial charge in [-0.3, -0.25) is 0 Å². The van der Waals surface area contributed by atoms with Gasteiger partial charge in [0.25, 0.3) is 0 Å². The van der Waals surface area contributed by atoms with Crippen LogP contribution in [-0.2, 0) is 6.54 Å². The molecule has 1 heterocycles. The predicted octanol–water partition coefficient (Wildman–Crippen LogP) is 4.40. The van der Waals surface area contributed by atoms with Crippen molar-refractivity contribution in [3.63, 3.8) is 0 Å². The Labute approximate surface area is 130 Å². The van der Waals surface area contributed by atoms with Gasteiger partial charge < -0.3 is 14.8 Å². The molecule has 0 spiro atoms. The molecule has 0 bridgehead atoms. The second kappa shape index (κ2) is 8.05. The molecule has 2 rings (SSSR count). The molecular formula is C17H23NO2S. The summed E-state index contributed by atoms with van der Waals surface area (Å²) in [5.74, 6) is 1.68. The summed E-state index contributed by atoms with van der Waals surface area (Å²) in [6, 6.07) is 10.7. The molecule has 1 unspecified atom stereocenters. The summed E-state index contributed by atoms with van der Waals surface area (Å²) in [5, 5.41) is 5.77. The second-order valence-electron chi connectivity index (χ2n) is 4.92. The Morgan fingerprint density at radius 1 is 1.19 bits per heavy atom. The van der Waals surface area contributed by atoms with Gasteiger partial charge in [0.05, 0.1) is 14.2 Å². The minimum atomic E-state index is 0.404. The van der Waals surface area contributed by atoms with E-state index in [-0.39, 0.29) is 0 Å². The van der Waals surface area contributed by atoms with E-state index < -0.39 is 0 Å². The minimum Gasteiger partial charge on any atom is -0.497 e. The third-order valence-electron chi connectivity index (χ3n) is 3.50. The highest BCUT2D eigenvalue weighted by Crippen LogP contribution is 2.27. The highest BCUT2D eigenvalue weighted by molar-refractivity contribution is 7.10. The van der Waals surface area contributed by atoms with E-state index in [1.165, 1.54) is 4.88 Å². The second-order valence-corrected chi connectivity index (χ2v) is 5.89. The molecule has 3 nitrogen and oxygen atoms in total. The number of methoxy groups -OCH3 is 2. The summed E-state index contributed by atoms with van der Waals surface area (Å²) in [5.41, 5.74) is 1.15. The average Bonchev–Trinajstić information content (AvgIpc) is 3.05.